The largest absolute Gasteiger partial charge is 0.481 e. The number of unbranched alkanes of at least 4 members (excludes halogenated alkanes) is 14. The Labute approximate surface area is 168 Å². The third kappa shape index (κ3) is 20.1. The molecular weight excluding hydrogens is 340 g/mol. The molecule has 0 saturated heterocycles. The molecule has 0 aliphatic rings. The van der Waals surface area contributed by atoms with E-state index in [9.17, 15) is 4.79 Å². The van der Waals surface area contributed by atoms with Crippen LogP contribution in [0.2, 0.25) is 0 Å². The minimum absolute atomic E-state index is 0.343. The summed E-state index contributed by atoms with van der Waals surface area (Å²) < 4.78 is 0. The molecule has 26 heavy (non-hydrogen) atoms. The molecule has 1 N–H and O–H groups in total. The number of thioether (sulfide) groups is 1. The van der Waals surface area contributed by atoms with Crippen molar-refractivity contribution in [2.24, 2.45) is 0 Å². The average Bonchev–Trinajstić information content (AvgIpc) is 2.63. The Bertz CT molecular complexity index is 294. The zero-order chi connectivity index (χ0) is 19.3. The summed E-state index contributed by atoms with van der Waals surface area (Å²) in [5.41, 5.74) is 0. The Morgan fingerprint density at radius 2 is 1.08 bits per heavy atom. The Morgan fingerprint density at radius 1 is 0.692 bits per heavy atom. The maximum absolute atomic E-state index is 10.4. The molecule has 0 amide bonds. The van der Waals surface area contributed by atoms with Crippen LogP contribution in [0.3, 0.4) is 0 Å². The van der Waals surface area contributed by atoms with E-state index in [0.29, 0.717) is 6.42 Å². The number of carboxylic acid groups (broad SMARTS) is 1. The van der Waals surface area contributed by atoms with E-state index >= 15 is 0 Å². The van der Waals surface area contributed by atoms with Gasteiger partial charge in [0.15, 0.2) is 0 Å². The van der Waals surface area contributed by atoms with Gasteiger partial charge in [-0.3, -0.25) is 4.79 Å². The molecule has 1 atom stereocenters. The third-order valence-electron chi connectivity index (χ3n) is 5.38. The quantitative estimate of drug-likeness (QED) is 0.202. The fourth-order valence-electron chi connectivity index (χ4n) is 3.59. The molecule has 0 aromatic carbocycles. The van der Waals surface area contributed by atoms with Gasteiger partial charge in [0.1, 0.15) is 0 Å². The van der Waals surface area contributed by atoms with Crippen molar-refractivity contribution in [3.05, 3.63) is 0 Å². The highest BCUT2D eigenvalue weighted by molar-refractivity contribution is 7.99. The van der Waals surface area contributed by atoms with Crippen LogP contribution >= 0.6 is 11.8 Å². The SMILES string of the molecule is CCCCCCCCC(CCCCCCCCCCCCC(=O)O)SC. The predicted octanol–water partition coefficient (Wildman–Crippen LogP) is 8.23. The standard InChI is InChI=1S/C23H46O2S/c1-3-4-5-6-13-16-19-22(26-2)20-17-14-11-9-7-8-10-12-15-18-21-23(24)25/h22H,3-21H2,1-2H3,(H,24,25). The van der Waals surface area contributed by atoms with Crippen LogP contribution in [0, 0.1) is 0 Å². The monoisotopic (exact) mass is 386 g/mol. The molecule has 0 fully saturated rings. The number of carbonyl (C=O) groups is 1. The van der Waals surface area contributed by atoms with Gasteiger partial charge in [0.05, 0.1) is 0 Å². The van der Waals surface area contributed by atoms with Gasteiger partial charge in [-0.2, -0.15) is 11.8 Å². The number of hydrogen-bond acceptors (Lipinski definition) is 2. The Kier molecular flexibility index (Phi) is 21.0. The second-order valence-electron chi connectivity index (χ2n) is 7.88. The molecular formula is C23H46O2S. The van der Waals surface area contributed by atoms with E-state index in [1.165, 1.54) is 103 Å². The van der Waals surface area contributed by atoms with Crippen molar-refractivity contribution in [3.8, 4) is 0 Å². The first-order valence-corrected chi connectivity index (χ1v) is 12.7. The molecule has 0 aliphatic carbocycles. The topological polar surface area (TPSA) is 37.3 Å². The van der Waals surface area contributed by atoms with E-state index in [1.54, 1.807) is 0 Å². The second kappa shape index (κ2) is 21.1. The van der Waals surface area contributed by atoms with Gasteiger partial charge in [0, 0.05) is 11.7 Å². The van der Waals surface area contributed by atoms with Gasteiger partial charge in [-0.1, -0.05) is 103 Å². The zero-order valence-corrected chi connectivity index (χ0v) is 18.6. The molecule has 0 radical (unpaired) electrons. The highest BCUT2D eigenvalue weighted by Gasteiger charge is 2.06. The lowest BCUT2D eigenvalue weighted by molar-refractivity contribution is -0.137. The molecule has 0 heterocycles. The third-order valence-corrected chi connectivity index (χ3v) is 6.52. The molecule has 3 heteroatoms. The summed E-state index contributed by atoms with van der Waals surface area (Å²) in [5, 5.41) is 9.48. The van der Waals surface area contributed by atoms with E-state index in [4.69, 9.17) is 5.11 Å². The van der Waals surface area contributed by atoms with E-state index < -0.39 is 5.97 Å². The van der Waals surface area contributed by atoms with Crippen molar-refractivity contribution in [3.63, 3.8) is 0 Å². The lowest BCUT2D eigenvalue weighted by Crippen LogP contribution is -2.02. The van der Waals surface area contributed by atoms with E-state index in [0.717, 1.165) is 18.1 Å². The summed E-state index contributed by atoms with van der Waals surface area (Å²) in [6.07, 6.45) is 26.7. The van der Waals surface area contributed by atoms with Crippen LogP contribution in [0.5, 0.6) is 0 Å². The number of hydrogen-bond donors (Lipinski definition) is 1. The first-order valence-electron chi connectivity index (χ1n) is 11.4. The van der Waals surface area contributed by atoms with Gasteiger partial charge < -0.3 is 5.11 Å². The van der Waals surface area contributed by atoms with Crippen molar-refractivity contribution in [2.45, 2.75) is 134 Å². The first-order chi connectivity index (χ1) is 12.7. The van der Waals surface area contributed by atoms with Crippen LogP contribution in [0.4, 0.5) is 0 Å². The highest BCUT2D eigenvalue weighted by atomic mass is 32.2. The molecule has 0 spiro atoms. The first kappa shape index (κ1) is 25.8. The average molecular weight is 387 g/mol. The van der Waals surface area contributed by atoms with Crippen LogP contribution < -0.4 is 0 Å². The molecule has 156 valence electrons. The summed E-state index contributed by atoms with van der Waals surface area (Å²) in [5.74, 6) is -0.652. The van der Waals surface area contributed by atoms with Crippen molar-refractivity contribution in [1.82, 2.24) is 0 Å². The van der Waals surface area contributed by atoms with E-state index in [1.807, 2.05) is 0 Å². The van der Waals surface area contributed by atoms with Crippen LogP contribution in [0.1, 0.15) is 129 Å². The van der Waals surface area contributed by atoms with Gasteiger partial charge in [-0.05, 0) is 25.5 Å². The molecule has 0 saturated carbocycles. The van der Waals surface area contributed by atoms with Gasteiger partial charge in [-0.25, -0.2) is 0 Å². The smallest absolute Gasteiger partial charge is 0.303 e. The fourth-order valence-corrected chi connectivity index (χ4v) is 4.40. The van der Waals surface area contributed by atoms with Gasteiger partial charge in [0.25, 0.3) is 0 Å². The van der Waals surface area contributed by atoms with Gasteiger partial charge in [0.2, 0.25) is 0 Å². The van der Waals surface area contributed by atoms with Crippen molar-refractivity contribution >= 4 is 17.7 Å². The molecule has 0 aromatic rings. The number of carboxylic acids is 1. The lowest BCUT2D eigenvalue weighted by atomic mass is 10.0. The highest BCUT2D eigenvalue weighted by Crippen LogP contribution is 2.22. The van der Waals surface area contributed by atoms with Gasteiger partial charge >= 0.3 is 5.97 Å². The summed E-state index contributed by atoms with van der Waals surface area (Å²) in [4.78, 5) is 10.4. The predicted molar refractivity (Wildman–Crippen MR) is 118 cm³/mol. The molecule has 0 rings (SSSR count). The minimum Gasteiger partial charge on any atom is -0.481 e. The fraction of sp³-hybridized carbons (Fsp3) is 0.957. The maximum Gasteiger partial charge on any atom is 0.303 e. The zero-order valence-electron chi connectivity index (χ0n) is 17.8. The summed E-state index contributed by atoms with van der Waals surface area (Å²) in [7, 11) is 0. The normalized spacial score (nSPS) is 12.4. The number of aliphatic carboxylic acids is 1. The molecule has 0 aliphatic heterocycles. The Balaban J connectivity index is 3.27. The Morgan fingerprint density at radius 3 is 1.46 bits per heavy atom. The molecule has 0 bridgehead atoms. The Hall–Kier alpha value is -0.180. The maximum atomic E-state index is 10.4. The number of rotatable bonds is 21. The van der Waals surface area contributed by atoms with Crippen LogP contribution in [-0.4, -0.2) is 22.6 Å². The van der Waals surface area contributed by atoms with Crippen molar-refractivity contribution < 1.29 is 9.90 Å². The molecule has 1 unspecified atom stereocenters. The van der Waals surface area contributed by atoms with E-state index in [2.05, 4.69) is 24.9 Å². The van der Waals surface area contributed by atoms with Crippen LogP contribution in [0.25, 0.3) is 0 Å². The summed E-state index contributed by atoms with van der Waals surface area (Å²) in [6, 6.07) is 0. The lowest BCUT2D eigenvalue weighted by Gasteiger charge is -2.14. The summed E-state index contributed by atoms with van der Waals surface area (Å²) >= 11 is 2.08. The summed E-state index contributed by atoms with van der Waals surface area (Å²) in [6.45, 7) is 2.29. The molecule has 2 nitrogen and oxygen atoms in total. The van der Waals surface area contributed by atoms with Crippen molar-refractivity contribution in [2.75, 3.05) is 6.26 Å². The molecule has 0 aromatic heterocycles. The van der Waals surface area contributed by atoms with Crippen LogP contribution in [-0.2, 0) is 4.79 Å². The van der Waals surface area contributed by atoms with Crippen molar-refractivity contribution in [1.29, 1.82) is 0 Å². The van der Waals surface area contributed by atoms with Gasteiger partial charge in [-0.15, -0.1) is 0 Å². The van der Waals surface area contributed by atoms with E-state index in [-0.39, 0.29) is 0 Å². The second-order valence-corrected chi connectivity index (χ2v) is 9.02. The minimum atomic E-state index is -0.652. The van der Waals surface area contributed by atoms with Crippen LogP contribution in [0.15, 0.2) is 0 Å².